The lowest BCUT2D eigenvalue weighted by molar-refractivity contribution is 1.04. The van der Waals surface area contributed by atoms with Crippen molar-refractivity contribution in [2.45, 2.75) is 6.42 Å². The molecule has 0 saturated carbocycles. The predicted molar refractivity (Wildman–Crippen MR) is 93.0 cm³/mol. The van der Waals surface area contributed by atoms with E-state index in [1.165, 1.54) is 16.5 Å². The van der Waals surface area contributed by atoms with Crippen molar-refractivity contribution in [3.8, 4) is 0 Å². The van der Waals surface area contributed by atoms with Gasteiger partial charge in [-0.25, -0.2) is 4.98 Å². The monoisotopic (exact) mass is 340 g/mol. The maximum absolute atomic E-state index is 4.82. The van der Waals surface area contributed by atoms with Gasteiger partial charge in [0.25, 0.3) is 0 Å². The van der Waals surface area contributed by atoms with Crippen LogP contribution in [0.4, 0.5) is 5.82 Å². The second-order valence-electron chi connectivity index (χ2n) is 5.36. The highest BCUT2D eigenvalue weighted by atomic mass is 79.9. The summed E-state index contributed by atoms with van der Waals surface area (Å²) in [5.41, 5.74) is 3.58. The van der Waals surface area contributed by atoms with Crippen LogP contribution in [-0.2, 0) is 6.42 Å². The Kier molecular flexibility index (Phi) is 3.93. The number of halogens is 1. The van der Waals surface area contributed by atoms with Crippen LogP contribution in [0.5, 0.6) is 0 Å². The molecule has 1 aromatic heterocycles. The molecule has 3 heteroatoms. The van der Waals surface area contributed by atoms with Gasteiger partial charge in [-0.15, -0.1) is 0 Å². The minimum atomic E-state index is 0.893. The molecule has 3 aromatic rings. The van der Waals surface area contributed by atoms with E-state index < -0.39 is 0 Å². The van der Waals surface area contributed by atoms with Crippen LogP contribution in [-0.4, -0.2) is 19.1 Å². The van der Waals surface area contributed by atoms with E-state index in [1.807, 2.05) is 26.2 Å². The van der Waals surface area contributed by atoms with E-state index in [1.54, 1.807) is 0 Å². The first-order chi connectivity index (χ1) is 10.1. The zero-order valence-electron chi connectivity index (χ0n) is 12.2. The van der Waals surface area contributed by atoms with Crippen molar-refractivity contribution >= 4 is 32.7 Å². The molecule has 2 aromatic carbocycles. The van der Waals surface area contributed by atoms with Crippen LogP contribution in [0.2, 0.25) is 0 Å². The largest absolute Gasteiger partial charge is 0.362 e. The third kappa shape index (κ3) is 3.08. The summed E-state index contributed by atoms with van der Waals surface area (Å²) >= 11 is 3.53. The quantitative estimate of drug-likeness (QED) is 0.689. The summed E-state index contributed by atoms with van der Waals surface area (Å²) in [4.78, 5) is 6.90. The third-order valence-electron chi connectivity index (χ3n) is 3.49. The highest BCUT2D eigenvalue weighted by Crippen LogP contribution is 2.26. The topological polar surface area (TPSA) is 16.1 Å². The molecule has 0 unspecified atom stereocenters. The maximum Gasteiger partial charge on any atom is 0.132 e. The Morgan fingerprint density at radius 1 is 1.00 bits per heavy atom. The Morgan fingerprint density at radius 2 is 1.76 bits per heavy atom. The van der Waals surface area contributed by atoms with Gasteiger partial charge in [0, 0.05) is 30.4 Å². The van der Waals surface area contributed by atoms with Crippen LogP contribution in [0, 0.1) is 0 Å². The number of nitrogens with zero attached hydrogens (tertiary/aromatic N) is 2. The summed E-state index contributed by atoms with van der Waals surface area (Å²) in [6, 6.07) is 19.0. The van der Waals surface area contributed by atoms with Crippen LogP contribution in [0.15, 0.2) is 59.1 Å². The molecule has 0 N–H and O–H groups in total. The van der Waals surface area contributed by atoms with Gasteiger partial charge in [0.1, 0.15) is 5.82 Å². The van der Waals surface area contributed by atoms with Crippen molar-refractivity contribution in [1.82, 2.24) is 4.98 Å². The van der Waals surface area contributed by atoms with E-state index in [-0.39, 0.29) is 0 Å². The van der Waals surface area contributed by atoms with E-state index >= 15 is 0 Å². The molecule has 0 aliphatic heterocycles. The Bertz CT molecular complexity index is 767. The van der Waals surface area contributed by atoms with Crippen molar-refractivity contribution < 1.29 is 0 Å². The van der Waals surface area contributed by atoms with Crippen LogP contribution < -0.4 is 4.90 Å². The van der Waals surface area contributed by atoms with E-state index in [4.69, 9.17) is 4.98 Å². The molecule has 3 rings (SSSR count). The Morgan fingerprint density at radius 3 is 2.48 bits per heavy atom. The second kappa shape index (κ2) is 5.86. The number of hydrogen-bond acceptors (Lipinski definition) is 2. The summed E-state index contributed by atoms with van der Waals surface area (Å²) < 4.78 is 1.08. The van der Waals surface area contributed by atoms with Crippen LogP contribution >= 0.6 is 15.9 Å². The summed E-state index contributed by atoms with van der Waals surface area (Å²) in [6.07, 6.45) is 0.893. The average Bonchev–Trinajstić information content (AvgIpc) is 2.47. The predicted octanol–water partition coefficient (Wildman–Crippen LogP) is 4.65. The molecule has 0 atom stereocenters. The Balaban J connectivity index is 2.12. The lowest BCUT2D eigenvalue weighted by Crippen LogP contribution is -2.13. The van der Waals surface area contributed by atoms with Gasteiger partial charge in [0.2, 0.25) is 0 Å². The normalized spacial score (nSPS) is 10.8. The molecule has 0 fully saturated rings. The van der Waals surface area contributed by atoms with Gasteiger partial charge in [0.05, 0.1) is 5.52 Å². The van der Waals surface area contributed by atoms with Crippen molar-refractivity contribution in [3.05, 3.63) is 70.2 Å². The smallest absolute Gasteiger partial charge is 0.132 e. The van der Waals surface area contributed by atoms with Crippen molar-refractivity contribution in [2.24, 2.45) is 0 Å². The number of anilines is 1. The summed E-state index contributed by atoms with van der Waals surface area (Å²) in [7, 11) is 4.09. The first-order valence-electron chi connectivity index (χ1n) is 6.94. The standard InChI is InChI=1S/C18H17BrN2/c1-21(2)18-15(10-13-6-4-3-5-7-13)11-14-12-16(19)8-9-17(14)20-18/h3-9,11-12H,10H2,1-2H3. The number of aromatic nitrogens is 1. The van der Waals surface area contributed by atoms with Gasteiger partial charge in [-0.3, -0.25) is 0 Å². The molecule has 0 bridgehead atoms. The third-order valence-corrected chi connectivity index (χ3v) is 3.99. The molecular weight excluding hydrogens is 324 g/mol. The SMILES string of the molecule is CN(C)c1nc2ccc(Br)cc2cc1Cc1ccccc1. The zero-order chi connectivity index (χ0) is 14.8. The van der Waals surface area contributed by atoms with Crippen molar-refractivity contribution in [3.63, 3.8) is 0 Å². The van der Waals surface area contributed by atoms with Gasteiger partial charge in [-0.05, 0) is 35.4 Å². The first-order valence-corrected chi connectivity index (χ1v) is 7.73. The zero-order valence-corrected chi connectivity index (χ0v) is 13.8. The first kappa shape index (κ1) is 14.1. The summed E-state index contributed by atoms with van der Waals surface area (Å²) in [6.45, 7) is 0. The van der Waals surface area contributed by atoms with Crippen LogP contribution in [0.25, 0.3) is 10.9 Å². The molecule has 0 spiro atoms. The molecule has 0 saturated heterocycles. The van der Waals surface area contributed by atoms with Gasteiger partial charge in [-0.2, -0.15) is 0 Å². The fourth-order valence-electron chi connectivity index (χ4n) is 2.51. The van der Waals surface area contributed by atoms with Gasteiger partial charge >= 0.3 is 0 Å². The van der Waals surface area contributed by atoms with E-state index in [0.717, 1.165) is 22.2 Å². The number of fused-ring (bicyclic) bond motifs is 1. The molecular formula is C18H17BrN2. The van der Waals surface area contributed by atoms with E-state index in [2.05, 4.69) is 63.3 Å². The highest BCUT2D eigenvalue weighted by molar-refractivity contribution is 9.10. The fourth-order valence-corrected chi connectivity index (χ4v) is 2.89. The highest BCUT2D eigenvalue weighted by Gasteiger charge is 2.10. The summed E-state index contributed by atoms with van der Waals surface area (Å²) in [5, 5.41) is 1.17. The maximum atomic E-state index is 4.82. The fraction of sp³-hybridized carbons (Fsp3) is 0.167. The Labute approximate surface area is 133 Å². The Hall–Kier alpha value is -1.87. The molecule has 2 nitrogen and oxygen atoms in total. The molecule has 0 radical (unpaired) electrons. The second-order valence-corrected chi connectivity index (χ2v) is 6.28. The van der Waals surface area contributed by atoms with Crippen LogP contribution in [0.3, 0.4) is 0 Å². The number of rotatable bonds is 3. The van der Waals surface area contributed by atoms with Gasteiger partial charge < -0.3 is 4.90 Å². The van der Waals surface area contributed by atoms with Crippen LogP contribution in [0.1, 0.15) is 11.1 Å². The molecule has 1 heterocycles. The van der Waals surface area contributed by atoms with E-state index in [9.17, 15) is 0 Å². The summed E-state index contributed by atoms with van der Waals surface area (Å²) in [5.74, 6) is 1.04. The minimum Gasteiger partial charge on any atom is -0.362 e. The molecule has 21 heavy (non-hydrogen) atoms. The molecule has 0 amide bonds. The van der Waals surface area contributed by atoms with Crippen molar-refractivity contribution in [2.75, 3.05) is 19.0 Å². The number of pyridine rings is 1. The minimum absolute atomic E-state index is 0.893. The van der Waals surface area contributed by atoms with Crippen molar-refractivity contribution in [1.29, 1.82) is 0 Å². The molecule has 0 aliphatic carbocycles. The van der Waals surface area contributed by atoms with Gasteiger partial charge in [0.15, 0.2) is 0 Å². The lowest BCUT2D eigenvalue weighted by Gasteiger charge is -2.17. The lowest BCUT2D eigenvalue weighted by atomic mass is 10.0. The van der Waals surface area contributed by atoms with E-state index in [0.29, 0.717) is 0 Å². The molecule has 106 valence electrons. The number of hydrogen-bond donors (Lipinski definition) is 0. The average molecular weight is 341 g/mol. The number of benzene rings is 2. The van der Waals surface area contributed by atoms with Gasteiger partial charge in [-0.1, -0.05) is 46.3 Å². The molecule has 0 aliphatic rings.